The van der Waals surface area contributed by atoms with Crippen LogP contribution in [0, 0.1) is 0 Å². The molecule has 0 saturated heterocycles. The molecule has 7 heteroatoms. The van der Waals surface area contributed by atoms with Gasteiger partial charge in [0.2, 0.25) is 0 Å². The van der Waals surface area contributed by atoms with Gasteiger partial charge in [-0.05, 0) is 6.92 Å². The Labute approximate surface area is 143 Å². The van der Waals surface area contributed by atoms with Crippen molar-refractivity contribution in [2.24, 2.45) is 4.99 Å². The number of hydrogen-bond donors (Lipinski definition) is 1. The summed E-state index contributed by atoms with van der Waals surface area (Å²) in [6, 6.07) is 0. The molecule has 0 aliphatic carbocycles. The fourth-order valence-electron chi connectivity index (χ4n) is 1.62. The Balaban J connectivity index is 0. The van der Waals surface area contributed by atoms with Crippen molar-refractivity contribution in [1.82, 2.24) is 4.90 Å². The first-order valence-corrected chi connectivity index (χ1v) is 6.26. The predicted octanol–water partition coefficient (Wildman–Crippen LogP) is -1.94. The first-order valence-electron chi connectivity index (χ1n) is 6.26. The molecule has 1 rings (SSSR count). The second-order valence-electron chi connectivity index (χ2n) is 5.47. The monoisotopic (exact) mass is 295 g/mol. The van der Waals surface area contributed by atoms with Gasteiger partial charge in [-0.15, -0.1) is 6.58 Å². The zero-order chi connectivity index (χ0) is 15.1. The third-order valence-corrected chi connectivity index (χ3v) is 2.29. The van der Waals surface area contributed by atoms with Crippen LogP contribution in [0.5, 0.6) is 0 Å². The van der Waals surface area contributed by atoms with E-state index in [-0.39, 0.29) is 36.1 Å². The van der Waals surface area contributed by atoms with Gasteiger partial charge in [0.05, 0.1) is 33.7 Å². The number of carboxylic acid groups (broad SMARTS) is 1. The van der Waals surface area contributed by atoms with Gasteiger partial charge in [0.1, 0.15) is 18.5 Å². The number of aliphatic hydroxyl groups is 1. The van der Waals surface area contributed by atoms with Crippen LogP contribution in [-0.4, -0.2) is 109 Å². The number of carbonyl (C=O) groups excluding carboxylic acids is 1. The molecule has 6 nitrogen and oxygen atoms in total. The molecule has 112 valence electrons. The molecule has 1 aliphatic rings. The number of amidine groups is 1. The summed E-state index contributed by atoms with van der Waals surface area (Å²) >= 11 is 0. The summed E-state index contributed by atoms with van der Waals surface area (Å²) in [4.78, 5) is 16.1. The quantitative estimate of drug-likeness (QED) is 0.364. The molecule has 1 unspecified atom stereocenters. The van der Waals surface area contributed by atoms with Crippen LogP contribution in [0.2, 0.25) is 0 Å². The first kappa shape index (κ1) is 21.9. The van der Waals surface area contributed by atoms with Gasteiger partial charge in [-0.1, -0.05) is 6.08 Å². The maximum absolute atomic E-state index is 9.89. The molecule has 0 radical (unpaired) electrons. The number of hydrogen-bond acceptors (Lipinski definition) is 5. The van der Waals surface area contributed by atoms with Crippen LogP contribution in [0.15, 0.2) is 17.6 Å². The van der Waals surface area contributed by atoms with Crippen molar-refractivity contribution in [3.8, 4) is 0 Å². The van der Waals surface area contributed by atoms with Crippen LogP contribution in [0.3, 0.4) is 0 Å². The molecule has 1 heterocycles. The van der Waals surface area contributed by atoms with Crippen molar-refractivity contribution in [2.45, 2.75) is 13.0 Å². The van der Waals surface area contributed by atoms with E-state index in [9.17, 15) is 15.0 Å². The molecule has 0 aromatic rings. The van der Waals surface area contributed by atoms with Gasteiger partial charge in [-0.2, -0.15) is 0 Å². The zero-order valence-corrected chi connectivity index (χ0v) is 12.3. The van der Waals surface area contributed by atoms with E-state index in [1.807, 2.05) is 11.0 Å². The van der Waals surface area contributed by atoms with Crippen molar-refractivity contribution >= 4 is 41.4 Å². The summed E-state index contributed by atoms with van der Waals surface area (Å²) in [5.41, 5.74) is 0. The molecular formula is C13H26N3NaO3. The van der Waals surface area contributed by atoms with Gasteiger partial charge < -0.3 is 24.4 Å². The average molecular weight is 295 g/mol. The van der Waals surface area contributed by atoms with Crippen LogP contribution >= 0.6 is 0 Å². The Hall–Kier alpha value is -0.400. The molecule has 20 heavy (non-hydrogen) atoms. The number of nitrogens with zero attached hydrogens (tertiary/aromatic N) is 3. The van der Waals surface area contributed by atoms with Crippen molar-refractivity contribution in [2.75, 3.05) is 47.3 Å². The molecule has 1 aliphatic heterocycles. The van der Waals surface area contributed by atoms with Crippen LogP contribution in [-0.2, 0) is 4.79 Å². The predicted molar refractivity (Wildman–Crippen MR) is 80.8 cm³/mol. The summed E-state index contributed by atoms with van der Waals surface area (Å²) in [7, 11) is 5.40. The molecule has 0 aromatic carbocycles. The Morgan fingerprint density at radius 2 is 2.15 bits per heavy atom. The van der Waals surface area contributed by atoms with Gasteiger partial charge in [0.15, 0.2) is 0 Å². The number of aliphatic carboxylic acids is 1. The van der Waals surface area contributed by atoms with Crippen molar-refractivity contribution in [3.63, 3.8) is 0 Å². The fourth-order valence-corrected chi connectivity index (χ4v) is 1.62. The van der Waals surface area contributed by atoms with E-state index in [0.29, 0.717) is 4.48 Å². The average Bonchev–Trinajstić information content (AvgIpc) is 2.63. The number of rotatable bonds is 5. The Morgan fingerprint density at radius 3 is 2.45 bits per heavy atom. The number of likely N-dealkylation sites (N-methyl/N-ethyl adjacent to an activating group) is 1. The van der Waals surface area contributed by atoms with E-state index >= 15 is 0 Å². The summed E-state index contributed by atoms with van der Waals surface area (Å²) in [6.45, 7) is 7.94. The minimum absolute atomic E-state index is 0. The van der Waals surface area contributed by atoms with Crippen LogP contribution in [0.4, 0.5) is 0 Å². The standard InChI is InChI=1S/C8H14N2O.C5H11NO2.Na.H/c1-3-5-10-6-4-9-8(10)7(2)11;1-6(2,3)4-5(7)8;;/h3,7,11H,1,4-6H2,2H3;4H2,1-3H3;;. The SMILES string of the molecule is C=CCN1CCN=C1C(C)O.C[N+](C)(C)CC(=O)[O-].[NaH]. The Morgan fingerprint density at radius 1 is 1.60 bits per heavy atom. The normalized spacial score (nSPS) is 15.4. The van der Waals surface area contributed by atoms with E-state index < -0.39 is 12.1 Å². The molecule has 1 atom stereocenters. The minimum atomic E-state index is -1.00. The zero-order valence-electron chi connectivity index (χ0n) is 12.3. The molecule has 0 amide bonds. The summed E-state index contributed by atoms with van der Waals surface area (Å²) < 4.78 is 0.419. The molecule has 0 spiro atoms. The van der Waals surface area contributed by atoms with E-state index in [2.05, 4.69) is 11.6 Å². The van der Waals surface area contributed by atoms with Crippen molar-refractivity contribution in [1.29, 1.82) is 0 Å². The van der Waals surface area contributed by atoms with E-state index in [0.717, 1.165) is 25.5 Å². The number of aliphatic imine (C=N–C) groups is 1. The van der Waals surface area contributed by atoms with Crippen molar-refractivity contribution < 1.29 is 19.5 Å². The molecule has 0 saturated carbocycles. The van der Waals surface area contributed by atoms with E-state index in [1.54, 1.807) is 28.1 Å². The van der Waals surface area contributed by atoms with Crippen LogP contribution < -0.4 is 5.11 Å². The number of quaternary nitrogens is 1. The number of carboxylic acids is 1. The van der Waals surface area contributed by atoms with Gasteiger partial charge in [-0.25, -0.2) is 0 Å². The van der Waals surface area contributed by atoms with Crippen molar-refractivity contribution in [3.05, 3.63) is 12.7 Å². The van der Waals surface area contributed by atoms with Crippen LogP contribution in [0.1, 0.15) is 6.92 Å². The van der Waals surface area contributed by atoms with E-state index in [1.165, 1.54) is 0 Å². The first-order chi connectivity index (χ1) is 8.67. The Bertz CT molecular complexity index is 338. The van der Waals surface area contributed by atoms with Gasteiger partial charge in [0, 0.05) is 13.1 Å². The number of carbonyl (C=O) groups is 1. The molecule has 0 bridgehead atoms. The third kappa shape index (κ3) is 10.4. The fraction of sp³-hybridized carbons (Fsp3) is 0.692. The number of aliphatic hydroxyl groups excluding tert-OH is 1. The molecular weight excluding hydrogens is 269 g/mol. The molecule has 0 fully saturated rings. The second kappa shape index (κ2) is 10.3. The second-order valence-corrected chi connectivity index (χ2v) is 5.47. The van der Waals surface area contributed by atoms with E-state index in [4.69, 9.17) is 0 Å². The topological polar surface area (TPSA) is 76.0 Å². The summed E-state index contributed by atoms with van der Waals surface area (Å²) in [5.74, 6) is -0.206. The van der Waals surface area contributed by atoms with Crippen LogP contribution in [0.25, 0.3) is 0 Å². The van der Waals surface area contributed by atoms with Gasteiger partial charge >= 0.3 is 29.6 Å². The maximum atomic E-state index is 9.89. The van der Waals surface area contributed by atoms with Gasteiger partial charge in [0.25, 0.3) is 0 Å². The molecule has 0 aromatic heterocycles. The summed E-state index contributed by atoms with van der Waals surface area (Å²) in [6.07, 6.45) is 1.38. The third-order valence-electron chi connectivity index (χ3n) is 2.29. The Kier molecular flexibility index (Phi) is 11.3. The summed E-state index contributed by atoms with van der Waals surface area (Å²) in [5, 5.41) is 19.1. The van der Waals surface area contributed by atoms with Gasteiger partial charge in [-0.3, -0.25) is 4.99 Å². The molecule has 1 N–H and O–H groups in total.